The van der Waals surface area contributed by atoms with Crippen LogP contribution >= 0.6 is 11.6 Å². The predicted molar refractivity (Wildman–Crippen MR) is 92.5 cm³/mol. The summed E-state index contributed by atoms with van der Waals surface area (Å²) in [6.45, 7) is 3.62. The van der Waals surface area contributed by atoms with E-state index in [2.05, 4.69) is 10.3 Å². The van der Waals surface area contributed by atoms with Crippen LogP contribution in [0.3, 0.4) is 0 Å². The summed E-state index contributed by atoms with van der Waals surface area (Å²) >= 11 is 6.06. The van der Waals surface area contributed by atoms with Crippen LogP contribution in [-0.2, 0) is 6.42 Å². The fourth-order valence-electron chi connectivity index (χ4n) is 3.19. The Bertz CT molecular complexity index is 807. The lowest BCUT2D eigenvalue weighted by Crippen LogP contribution is -2.36. The lowest BCUT2D eigenvalue weighted by Gasteiger charge is -2.27. The first-order valence-electron chi connectivity index (χ1n) is 7.86. The van der Waals surface area contributed by atoms with Crippen LogP contribution in [0.1, 0.15) is 49.9 Å². The molecular weight excluding hydrogens is 314 g/mol. The van der Waals surface area contributed by atoms with Gasteiger partial charge in [0.1, 0.15) is 5.82 Å². The first kappa shape index (κ1) is 15.9. The average molecular weight is 334 g/mol. The van der Waals surface area contributed by atoms with Crippen molar-refractivity contribution in [3.63, 3.8) is 0 Å². The van der Waals surface area contributed by atoms with Crippen molar-refractivity contribution in [2.45, 2.75) is 45.2 Å². The normalized spacial score (nSPS) is 17.1. The molecule has 1 aliphatic carbocycles. The zero-order valence-corrected chi connectivity index (χ0v) is 14.0. The molecule has 0 fully saturated rings. The van der Waals surface area contributed by atoms with Gasteiger partial charge in [0.15, 0.2) is 0 Å². The van der Waals surface area contributed by atoms with E-state index in [0.717, 1.165) is 24.3 Å². The average Bonchev–Trinajstić information content (AvgIpc) is 2.46. The number of halogens is 1. The highest BCUT2D eigenvalue weighted by Crippen LogP contribution is 2.33. The summed E-state index contributed by atoms with van der Waals surface area (Å²) in [5.74, 6) is 0.463. The lowest BCUT2D eigenvalue weighted by atomic mass is 9.88. The number of hydrogen-bond acceptors (Lipinski definition) is 3. The molecule has 1 aromatic carbocycles. The van der Waals surface area contributed by atoms with Crippen molar-refractivity contribution >= 4 is 17.4 Å². The van der Waals surface area contributed by atoms with Gasteiger partial charge in [0, 0.05) is 17.1 Å². The maximum atomic E-state index is 12.1. The second-order valence-electron chi connectivity index (χ2n) is 6.22. The third-order valence-corrected chi connectivity index (χ3v) is 4.47. The van der Waals surface area contributed by atoms with Crippen molar-refractivity contribution in [2.75, 3.05) is 5.32 Å². The van der Waals surface area contributed by atoms with E-state index in [4.69, 9.17) is 11.6 Å². The molecule has 5 nitrogen and oxygen atoms in total. The number of aromatic nitrogens is 2. The SMILES string of the molecule is CC(C)n1c(=O)cc(N[C@H]2CCCc3cc(Cl)ccc32)[nH]c1=O. The van der Waals surface area contributed by atoms with Gasteiger partial charge in [-0.3, -0.25) is 14.3 Å². The predicted octanol–water partition coefficient (Wildman–Crippen LogP) is 3.26. The molecule has 0 spiro atoms. The van der Waals surface area contributed by atoms with Crippen molar-refractivity contribution in [2.24, 2.45) is 0 Å². The molecule has 0 aliphatic heterocycles. The molecule has 0 bridgehead atoms. The van der Waals surface area contributed by atoms with Gasteiger partial charge in [-0.15, -0.1) is 0 Å². The van der Waals surface area contributed by atoms with Gasteiger partial charge in [0.2, 0.25) is 0 Å². The van der Waals surface area contributed by atoms with E-state index in [1.165, 1.54) is 21.8 Å². The van der Waals surface area contributed by atoms with Crippen molar-refractivity contribution < 1.29 is 0 Å². The molecule has 0 saturated heterocycles. The number of nitrogens with zero attached hydrogens (tertiary/aromatic N) is 1. The van der Waals surface area contributed by atoms with Crippen molar-refractivity contribution in [3.8, 4) is 0 Å². The number of rotatable bonds is 3. The van der Waals surface area contributed by atoms with Crippen LogP contribution in [0.2, 0.25) is 5.02 Å². The van der Waals surface area contributed by atoms with Crippen LogP contribution in [-0.4, -0.2) is 9.55 Å². The highest BCUT2D eigenvalue weighted by Gasteiger charge is 2.21. The molecule has 2 N–H and O–H groups in total. The third kappa shape index (κ3) is 3.20. The first-order chi connectivity index (χ1) is 11.0. The smallest absolute Gasteiger partial charge is 0.330 e. The molecule has 0 saturated carbocycles. The van der Waals surface area contributed by atoms with E-state index in [1.54, 1.807) is 0 Å². The zero-order valence-electron chi connectivity index (χ0n) is 13.2. The third-order valence-electron chi connectivity index (χ3n) is 4.23. The number of anilines is 1. The van der Waals surface area contributed by atoms with Crippen molar-refractivity contribution in [1.82, 2.24) is 9.55 Å². The Kier molecular flexibility index (Phi) is 4.31. The van der Waals surface area contributed by atoms with E-state index in [1.807, 2.05) is 32.0 Å². The Balaban J connectivity index is 1.93. The van der Waals surface area contributed by atoms with Gasteiger partial charge in [0.25, 0.3) is 5.56 Å². The van der Waals surface area contributed by atoms with Crippen molar-refractivity contribution in [1.29, 1.82) is 0 Å². The molecule has 0 radical (unpaired) electrons. The number of hydrogen-bond donors (Lipinski definition) is 2. The van der Waals surface area contributed by atoms with Crippen LogP contribution in [0, 0.1) is 0 Å². The van der Waals surface area contributed by atoms with Gasteiger partial charge < -0.3 is 5.32 Å². The van der Waals surface area contributed by atoms with E-state index >= 15 is 0 Å². The fourth-order valence-corrected chi connectivity index (χ4v) is 3.39. The molecule has 1 aliphatic rings. The van der Waals surface area contributed by atoms with E-state index in [0.29, 0.717) is 5.82 Å². The minimum atomic E-state index is -0.387. The summed E-state index contributed by atoms with van der Waals surface area (Å²) in [6.07, 6.45) is 2.99. The number of H-pyrrole nitrogens is 1. The highest BCUT2D eigenvalue weighted by atomic mass is 35.5. The molecule has 3 rings (SSSR count). The maximum absolute atomic E-state index is 12.1. The zero-order chi connectivity index (χ0) is 16.6. The summed E-state index contributed by atoms with van der Waals surface area (Å²) in [7, 11) is 0. The fraction of sp³-hybridized carbons (Fsp3) is 0.412. The summed E-state index contributed by atoms with van der Waals surface area (Å²) in [5.41, 5.74) is 1.72. The molecule has 0 amide bonds. The summed E-state index contributed by atoms with van der Waals surface area (Å²) in [4.78, 5) is 27.0. The molecule has 1 aromatic heterocycles. The van der Waals surface area contributed by atoms with Crippen LogP contribution < -0.4 is 16.6 Å². The lowest BCUT2D eigenvalue weighted by molar-refractivity contribution is 0.544. The van der Waals surface area contributed by atoms with Gasteiger partial charge in [0.05, 0.1) is 6.04 Å². The second-order valence-corrected chi connectivity index (χ2v) is 6.66. The molecule has 6 heteroatoms. The standard InChI is InChI=1S/C17H20ClN3O2/c1-10(2)21-16(22)9-15(20-17(21)23)19-14-5-3-4-11-8-12(18)6-7-13(11)14/h6-10,14,19H,3-5H2,1-2H3,(H,20,23)/t14-/m0/s1. The minimum Gasteiger partial charge on any atom is -0.365 e. The Morgan fingerprint density at radius 1 is 1.30 bits per heavy atom. The topological polar surface area (TPSA) is 66.9 Å². The maximum Gasteiger partial charge on any atom is 0.330 e. The number of aryl methyl sites for hydroxylation is 1. The quantitative estimate of drug-likeness (QED) is 0.906. The van der Waals surface area contributed by atoms with Crippen LogP contribution in [0.5, 0.6) is 0 Å². The summed E-state index contributed by atoms with van der Waals surface area (Å²) in [5, 5.41) is 4.03. The van der Waals surface area contributed by atoms with E-state index in [9.17, 15) is 9.59 Å². The monoisotopic (exact) mass is 333 g/mol. The number of nitrogens with one attached hydrogen (secondary N) is 2. The Morgan fingerprint density at radius 2 is 2.09 bits per heavy atom. The molecule has 2 aromatic rings. The first-order valence-corrected chi connectivity index (χ1v) is 8.24. The van der Waals surface area contributed by atoms with Gasteiger partial charge in [-0.05, 0) is 56.4 Å². The van der Waals surface area contributed by atoms with Crippen LogP contribution in [0.4, 0.5) is 5.82 Å². The number of benzene rings is 1. The largest absolute Gasteiger partial charge is 0.365 e. The number of fused-ring (bicyclic) bond motifs is 1. The van der Waals surface area contributed by atoms with Crippen molar-refractivity contribution in [3.05, 3.63) is 61.3 Å². The molecule has 1 heterocycles. The van der Waals surface area contributed by atoms with E-state index < -0.39 is 0 Å². The second kappa shape index (κ2) is 6.24. The molecule has 0 unspecified atom stereocenters. The Morgan fingerprint density at radius 3 is 2.78 bits per heavy atom. The van der Waals surface area contributed by atoms with Gasteiger partial charge in [-0.25, -0.2) is 4.79 Å². The van der Waals surface area contributed by atoms with Crippen LogP contribution in [0.15, 0.2) is 33.9 Å². The van der Waals surface area contributed by atoms with E-state index in [-0.39, 0.29) is 23.3 Å². The summed E-state index contributed by atoms with van der Waals surface area (Å²) < 4.78 is 1.21. The highest BCUT2D eigenvalue weighted by molar-refractivity contribution is 6.30. The number of aromatic amines is 1. The molecular formula is C17H20ClN3O2. The van der Waals surface area contributed by atoms with Gasteiger partial charge >= 0.3 is 5.69 Å². The van der Waals surface area contributed by atoms with Gasteiger partial charge in [-0.2, -0.15) is 0 Å². The summed E-state index contributed by atoms with van der Waals surface area (Å²) in [6, 6.07) is 7.23. The Hall–Kier alpha value is -2.01. The molecule has 1 atom stereocenters. The molecule has 122 valence electrons. The Labute approximate surface area is 139 Å². The minimum absolute atomic E-state index is 0.0703. The van der Waals surface area contributed by atoms with Gasteiger partial charge in [-0.1, -0.05) is 17.7 Å². The molecule has 23 heavy (non-hydrogen) atoms. The van der Waals surface area contributed by atoms with Crippen LogP contribution in [0.25, 0.3) is 0 Å².